The molecule has 0 spiro atoms. The molecule has 3 rings (SSSR count). The fourth-order valence-electron chi connectivity index (χ4n) is 2.76. The molecular weight excluding hydrogens is 342 g/mol. The van der Waals surface area contributed by atoms with Crippen molar-refractivity contribution >= 4 is 5.91 Å². The minimum atomic E-state index is -0.420. The van der Waals surface area contributed by atoms with E-state index in [-0.39, 0.29) is 17.7 Å². The van der Waals surface area contributed by atoms with Gasteiger partial charge in [0.2, 0.25) is 5.88 Å². The SMILES string of the molecule is CCn1c(C)ccc(C(=O)NCc2cccnc2Oc2ccccc2)c1=O. The zero-order valence-electron chi connectivity index (χ0n) is 15.3. The number of carbonyl (C=O) groups excluding carboxylic acids is 1. The Labute approximate surface area is 157 Å². The van der Waals surface area contributed by atoms with Crippen LogP contribution in [-0.4, -0.2) is 15.5 Å². The van der Waals surface area contributed by atoms with Gasteiger partial charge in [-0.05, 0) is 44.2 Å². The first-order chi connectivity index (χ1) is 13.1. The summed E-state index contributed by atoms with van der Waals surface area (Å²) < 4.78 is 7.37. The van der Waals surface area contributed by atoms with Gasteiger partial charge in [-0.2, -0.15) is 0 Å². The lowest BCUT2D eigenvalue weighted by atomic mass is 10.2. The predicted octanol–water partition coefficient (Wildman–Crippen LogP) is 3.29. The number of nitrogens with zero attached hydrogens (tertiary/aromatic N) is 2. The molecule has 6 nitrogen and oxygen atoms in total. The molecule has 1 amide bonds. The lowest BCUT2D eigenvalue weighted by Gasteiger charge is -2.12. The Morgan fingerprint density at radius 1 is 1.11 bits per heavy atom. The van der Waals surface area contributed by atoms with Gasteiger partial charge in [0.15, 0.2) is 0 Å². The van der Waals surface area contributed by atoms with Crippen molar-refractivity contribution in [2.75, 3.05) is 0 Å². The quantitative estimate of drug-likeness (QED) is 0.729. The molecule has 0 fully saturated rings. The fraction of sp³-hybridized carbons (Fsp3) is 0.190. The summed E-state index contributed by atoms with van der Waals surface area (Å²) in [6.45, 7) is 4.44. The first-order valence-corrected chi connectivity index (χ1v) is 8.75. The molecule has 6 heteroatoms. The summed E-state index contributed by atoms with van der Waals surface area (Å²) in [5, 5.41) is 2.78. The maximum atomic E-state index is 12.5. The number of amides is 1. The zero-order chi connectivity index (χ0) is 19.2. The largest absolute Gasteiger partial charge is 0.439 e. The van der Waals surface area contributed by atoms with Gasteiger partial charge >= 0.3 is 0 Å². The van der Waals surface area contributed by atoms with Crippen LogP contribution < -0.4 is 15.6 Å². The minimum Gasteiger partial charge on any atom is -0.439 e. The maximum absolute atomic E-state index is 12.5. The molecule has 0 aliphatic rings. The number of pyridine rings is 2. The molecule has 1 N–H and O–H groups in total. The third-order valence-electron chi connectivity index (χ3n) is 4.20. The lowest BCUT2D eigenvalue weighted by molar-refractivity contribution is 0.0948. The van der Waals surface area contributed by atoms with Crippen molar-refractivity contribution < 1.29 is 9.53 Å². The van der Waals surface area contributed by atoms with E-state index in [1.165, 1.54) is 0 Å². The van der Waals surface area contributed by atoms with E-state index in [1.807, 2.05) is 50.2 Å². The van der Waals surface area contributed by atoms with E-state index in [9.17, 15) is 9.59 Å². The summed E-state index contributed by atoms with van der Waals surface area (Å²) in [4.78, 5) is 29.2. The molecule has 1 aromatic carbocycles. The van der Waals surface area contributed by atoms with E-state index in [4.69, 9.17) is 4.74 Å². The molecule has 27 heavy (non-hydrogen) atoms. The highest BCUT2D eigenvalue weighted by atomic mass is 16.5. The standard InChI is InChI=1S/C21H21N3O3/c1-3-24-15(2)11-12-18(21(24)26)19(25)23-14-16-8-7-13-22-20(16)27-17-9-5-4-6-10-17/h4-13H,3,14H2,1-2H3,(H,23,25). The van der Waals surface area contributed by atoms with Gasteiger partial charge in [-0.15, -0.1) is 0 Å². The number of nitrogens with one attached hydrogen (secondary N) is 1. The molecule has 0 saturated carbocycles. The second-order valence-corrected chi connectivity index (χ2v) is 6.00. The van der Waals surface area contributed by atoms with E-state index in [1.54, 1.807) is 29.0 Å². The monoisotopic (exact) mass is 363 g/mol. The number of rotatable bonds is 6. The van der Waals surface area contributed by atoms with Crippen LogP contribution in [0.1, 0.15) is 28.5 Å². The molecular formula is C21H21N3O3. The molecule has 0 unspecified atom stereocenters. The molecule has 0 atom stereocenters. The second-order valence-electron chi connectivity index (χ2n) is 6.00. The predicted molar refractivity (Wildman–Crippen MR) is 103 cm³/mol. The van der Waals surface area contributed by atoms with Crippen molar-refractivity contribution in [3.8, 4) is 11.6 Å². The summed E-state index contributed by atoms with van der Waals surface area (Å²) in [5.41, 5.74) is 1.38. The van der Waals surface area contributed by atoms with E-state index >= 15 is 0 Å². The fourth-order valence-corrected chi connectivity index (χ4v) is 2.76. The third kappa shape index (κ3) is 4.23. The average Bonchev–Trinajstić information content (AvgIpc) is 2.68. The third-order valence-corrected chi connectivity index (χ3v) is 4.20. The van der Waals surface area contributed by atoms with Gasteiger partial charge in [-0.3, -0.25) is 9.59 Å². The molecule has 0 aliphatic heterocycles. The lowest BCUT2D eigenvalue weighted by Crippen LogP contribution is -2.33. The highest BCUT2D eigenvalue weighted by molar-refractivity contribution is 5.93. The molecule has 0 saturated heterocycles. The van der Waals surface area contributed by atoms with Gasteiger partial charge in [-0.1, -0.05) is 24.3 Å². The van der Waals surface area contributed by atoms with Crippen LogP contribution in [0.5, 0.6) is 11.6 Å². The summed E-state index contributed by atoms with van der Waals surface area (Å²) in [6, 6.07) is 16.2. The first kappa shape index (κ1) is 18.4. The Balaban J connectivity index is 1.76. The number of para-hydroxylation sites is 1. The summed E-state index contributed by atoms with van der Waals surface area (Å²) in [7, 11) is 0. The number of aryl methyl sites for hydroxylation is 1. The molecule has 138 valence electrons. The van der Waals surface area contributed by atoms with Crippen molar-refractivity contribution in [3.05, 3.63) is 88.0 Å². The van der Waals surface area contributed by atoms with Crippen LogP contribution in [-0.2, 0) is 13.1 Å². The second kappa shape index (κ2) is 8.31. The molecule has 0 bridgehead atoms. The number of carbonyl (C=O) groups is 1. The Morgan fingerprint density at radius 3 is 2.63 bits per heavy atom. The van der Waals surface area contributed by atoms with Crippen LogP contribution in [0.15, 0.2) is 65.6 Å². The van der Waals surface area contributed by atoms with E-state index in [0.717, 1.165) is 11.3 Å². The Kier molecular flexibility index (Phi) is 5.66. The van der Waals surface area contributed by atoms with Crippen LogP contribution in [0.3, 0.4) is 0 Å². The minimum absolute atomic E-state index is 0.122. The Hall–Kier alpha value is -3.41. The molecule has 2 heterocycles. The smallest absolute Gasteiger partial charge is 0.263 e. The Morgan fingerprint density at radius 2 is 1.89 bits per heavy atom. The van der Waals surface area contributed by atoms with Crippen LogP contribution in [0, 0.1) is 6.92 Å². The molecule has 0 aliphatic carbocycles. The van der Waals surface area contributed by atoms with Crippen molar-refractivity contribution in [2.45, 2.75) is 26.9 Å². The normalized spacial score (nSPS) is 10.4. The average molecular weight is 363 g/mol. The van der Waals surface area contributed by atoms with Crippen LogP contribution in [0.2, 0.25) is 0 Å². The number of aromatic nitrogens is 2. The van der Waals surface area contributed by atoms with E-state index in [0.29, 0.717) is 18.2 Å². The van der Waals surface area contributed by atoms with E-state index < -0.39 is 5.91 Å². The molecule has 0 radical (unpaired) electrons. The van der Waals surface area contributed by atoms with Gasteiger partial charge < -0.3 is 14.6 Å². The summed E-state index contributed by atoms with van der Waals surface area (Å²) in [6.07, 6.45) is 1.63. The van der Waals surface area contributed by atoms with Crippen molar-refractivity contribution in [1.82, 2.24) is 14.9 Å². The van der Waals surface area contributed by atoms with Crippen molar-refractivity contribution in [1.29, 1.82) is 0 Å². The molecule has 2 aromatic heterocycles. The Bertz CT molecular complexity index is 997. The van der Waals surface area contributed by atoms with Gasteiger partial charge in [0.05, 0.1) is 0 Å². The molecule has 3 aromatic rings. The number of benzene rings is 1. The van der Waals surface area contributed by atoms with Gasteiger partial charge in [-0.25, -0.2) is 4.98 Å². The van der Waals surface area contributed by atoms with Gasteiger partial charge in [0, 0.05) is 30.5 Å². The van der Waals surface area contributed by atoms with Gasteiger partial charge in [0.25, 0.3) is 11.5 Å². The van der Waals surface area contributed by atoms with Crippen LogP contribution >= 0.6 is 0 Å². The zero-order valence-corrected chi connectivity index (χ0v) is 15.3. The summed E-state index contributed by atoms with van der Waals surface area (Å²) in [5.74, 6) is 0.656. The summed E-state index contributed by atoms with van der Waals surface area (Å²) >= 11 is 0. The number of hydrogen-bond acceptors (Lipinski definition) is 4. The van der Waals surface area contributed by atoms with Gasteiger partial charge in [0.1, 0.15) is 11.3 Å². The van der Waals surface area contributed by atoms with Crippen LogP contribution in [0.25, 0.3) is 0 Å². The van der Waals surface area contributed by atoms with Crippen LogP contribution in [0.4, 0.5) is 0 Å². The maximum Gasteiger partial charge on any atom is 0.263 e. The number of hydrogen-bond donors (Lipinski definition) is 1. The highest BCUT2D eigenvalue weighted by Gasteiger charge is 2.14. The van der Waals surface area contributed by atoms with Crippen molar-refractivity contribution in [2.24, 2.45) is 0 Å². The highest BCUT2D eigenvalue weighted by Crippen LogP contribution is 2.22. The van der Waals surface area contributed by atoms with Crippen molar-refractivity contribution in [3.63, 3.8) is 0 Å². The first-order valence-electron chi connectivity index (χ1n) is 8.75. The number of ether oxygens (including phenoxy) is 1. The van der Waals surface area contributed by atoms with E-state index in [2.05, 4.69) is 10.3 Å². The topological polar surface area (TPSA) is 73.2 Å².